The Labute approximate surface area is 124 Å². The fourth-order valence-corrected chi connectivity index (χ4v) is 2.31. The highest BCUT2D eigenvalue weighted by Gasteiger charge is 2.13. The molecule has 1 rings (SSSR count). The molecule has 0 radical (unpaired) electrons. The summed E-state index contributed by atoms with van der Waals surface area (Å²) >= 11 is 0. The highest BCUT2D eigenvalue weighted by molar-refractivity contribution is 5.25. The number of hydrogen-bond donors (Lipinski definition) is 0. The molecule has 0 atom stereocenters. The summed E-state index contributed by atoms with van der Waals surface area (Å²) in [5, 5.41) is 8.21. The number of aryl methyl sites for hydroxylation is 1. The van der Waals surface area contributed by atoms with Crippen LogP contribution in [0.3, 0.4) is 0 Å². The number of nitrogens with zero attached hydrogens (tertiary/aromatic N) is 3. The minimum Gasteiger partial charge on any atom is -0.225 e. The van der Waals surface area contributed by atoms with Crippen LogP contribution >= 0.6 is 0 Å². The third kappa shape index (κ3) is 6.36. The Morgan fingerprint density at radius 3 is 2.50 bits per heavy atom. The summed E-state index contributed by atoms with van der Waals surface area (Å²) in [7, 11) is 0. The molecule has 1 aromatic rings. The van der Waals surface area contributed by atoms with Gasteiger partial charge in [0.05, 0.1) is 11.9 Å². The molecule has 114 valence electrons. The molecule has 0 amide bonds. The van der Waals surface area contributed by atoms with Crippen molar-refractivity contribution < 1.29 is 0 Å². The largest absolute Gasteiger partial charge is 0.225 e. The van der Waals surface area contributed by atoms with Crippen molar-refractivity contribution in [3.05, 3.63) is 18.0 Å². The van der Waals surface area contributed by atoms with Crippen LogP contribution < -0.4 is 0 Å². The first kappa shape index (κ1) is 16.9. The average Bonchev–Trinajstić information content (AvgIpc) is 2.85. The van der Waals surface area contributed by atoms with Gasteiger partial charge in [-0.2, -0.15) is 0 Å². The van der Waals surface area contributed by atoms with Gasteiger partial charge in [0.25, 0.3) is 0 Å². The Kier molecular flexibility index (Phi) is 7.56. The summed E-state index contributed by atoms with van der Waals surface area (Å²) in [5.74, 6) is 0. The molecule has 3 nitrogen and oxygen atoms in total. The van der Waals surface area contributed by atoms with Gasteiger partial charge in [0.2, 0.25) is 0 Å². The van der Waals surface area contributed by atoms with Gasteiger partial charge in [-0.25, -0.2) is 4.68 Å². The van der Waals surface area contributed by atoms with E-state index in [9.17, 15) is 0 Å². The van der Waals surface area contributed by atoms with Crippen molar-refractivity contribution >= 4 is 6.20 Å². The number of allylic oxidation sites excluding steroid dienone is 1. The van der Waals surface area contributed by atoms with E-state index in [-0.39, 0.29) is 5.41 Å². The minimum absolute atomic E-state index is 0.238. The van der Waals surface area contributed by atoms with Crippen LogP contribution in [-0.4, -0.2) is 15.0 Å². The molecule has 1 aromatic heterocycles. The monoisotopic (exact) mass is 277 g/mol. The summed E-state index contributed by atoms with van der Waals surface area (Å²) in [6.07, 6.45) is 16.2. The standard InChI is InChI=1S/C17H31N3/c1-5-7-9-11-16-15-18-19-20(16)14-13-17(3,4)12-10-8-6-2/h13-15H,5-12H2,1-4H3/b14-13+. The Balaban J connectivity index is 2.53. The van der Waals surface area contributed by atoms with Crippen molar-refractivity contribution in [3.8, 4) is 0 Å². The van der Waals surface area contributed by atoms with Crippen molar-refractivity contribution in [1.82, 2.24) is 15.0 Å². The minimum atomic E-state index is 0.238. The second-order valence-corrected chi connectivity index (χ2v) is 6.39. The first-order valence-corrected chi connectivity index (χ1v) is 8.17. The Bertz CT molecular complexity index is 391. The third-order valence-electron chi connectivity index (χ3n) is 3.78. The van der Waals surface area contributed by atoms with E-state index in [1.165, 1.54) is 50.6 Å². The Morgan fingerprint density at radius 1 is 1.10 bits per heavy atom. The SMILES string of the molecule is CCCCCc1cnnn1/C=C/C(C)(C)CCCCC. The summed E-state index contributed by atoms with van der Waals surface area (Å²) in [5.41, 5.74) is 1.46. The highest BCUT2D eigenvalue weighted by atomic mass is 15.4. The molecule has 0 saturated heterocycles. The van der Waals surface area contributed by atoms with Crippen molar-refractivity contribution in [2.24, 2.45) is 5.41 Å². The van der Waals surface area contributed by atoms with Crippen molar-refractivity contribution in [2.75, 3.05) is 0 Å². The average molecular weight is 277 g/mol. The fraction of sp³-hybridized carbons (Fsp3) is 0.765. The van der Waals surface area contributed by atoms with Crippen molar-refractivity contribution in [1.29, 1.82) is 0 Å². The summed E-state index contributed by atoms with van der Waals surface area (Å²) in [6.45, 7) is 9.08. The Morgan fingerprint density at radius 2 is 1.80 bits per heavy atom. The molecule has 0 aliphatic carbocycles. The maximum absolute atomic E-state index is 4.17. The molecule has 1 heterocycles. The molecule has 0 aromatic carbocycles. The van der Waals surface area contributed by atoms with Gasteiger partial charge in [-0.15, -0.1) is 5.10 Å². The van der Waals surface area contributed by atoms with E-state index in [0.717, 1.165) is 6.42 Å². The lowest BCUT2D eigenvalue weighted by Gasteiger charge is -2.19. The maximum atomic E-state index is 4.17. The molecule has 0 N–H and O–H groups in total. The molecule has 0 unspecified atom stereocenters. The number of rotatable bonds is 10. The fourth-order valence-electron chi connectivity index (χ4n) is 2.31. The van der Waals surface area contributed by atoms with Crippen LogP contribution in [0.15, 0.2) is 12.3 Å². The number of aromatic nitrogens is 3. The van der Waals surface area contributed by atoms with Gasteiger partial charge >= 0.3 is 0 Å². The molecule has 0 aliphatic heterocycles. The van der Waals surface area contributed by atoms with E-state index in [4.69, 9.17) is 0 Å². The van der Waals surface area contributed by atoms with Gasteiger partial charge in [-0.1, -0.05) is 71.1 Å². The van der Waals surface area contributed by atoms with Crippen molar-refractivity contribution in [3.63, 3.8) is 0 Å². The maximum Gasteiger partial charge on any atom is 0.0729 e. The summed E-state index contributed by atoms with van der Waals surface area (Å²) < 4.78 is 1.94. The van der Waals surface area contributed by atoms with Crippen LogP contribution in [0.4, 0.5) is 0 Å². The smallest absolute Gasteiger partial charge is 0.0729 e. The van der Waals surface area contributed by atoms with Gasteiger partial charge in [0.15, 0.2) is 0 Å². The van der Waals surface area contributed by atoms with E-state index >= 15 is 0 Å². The van der Waals surface area contributed by atoms with E-state index in [2.05, 4.69) is 50.3 Å². The lowest BCUT2D eigenvalue weighted by Crippen LogP contribution is -2.08. The van der Waals surface area contributed by atoms with Crippen LogP contribution in [0.2, 0.25) is 0 Å². The first-order valence-electron chi connectivity index (χ1n) is 8.17. The number of hydrogen-bond acceptors (Lipinski definition) is 2. The summed E-state index contributed by atoms with van der Waals surface area (Å²) in [4.78, 5) is 0. The van der Waals surface area contributed by atoms with Crippen LogP contribution in [0.5, 0.6) is 0 Å². The van der Waals surface area contributed by atoms with Gasteiger partial charge < -0.3 is 0 Å². The zero-order valence-electron chi connectivity index (χ0n) is 13.7. The lowest BCUT2D eigenvalue weighted by atomic mass is 9.87. The van der Waals surface area contributed by atoms with Gasteiger partial charge in [0.1, 0.15) is 0 Å². The topological polar surface area (TPSA) is 30.7 Å². The van der Waals surface area contributed by atoms with Gasteiger partial charge in [-0.3, -0.25) is 0 Å². The molecular weight excluding hydrogens is 246 g/mol. The Hall–Kier alpha value is -1.12. The molecule has 3 heteroatoms. The van der Waals surface area contributed by atoms with E-state index < -0.39 is 0 Å². The van der Waals surface area contributed by atoms with E-state index in [0.29, 0.717) is 0 Å². The van der Waals surface area contributed by atoms with E-state index in [1.54, 1.807) is 0 Å². The highest BCUT2D eigenvalue weighted by Crippen LogP contribution is 2.25. The third-order valence-corrected chi connectivity index (χ3v) is 3.78. The molecular formula is C17H31N3. The summed E-state index contributed by atoms with van der Waals surface area (Å²) in [6, 6.07) is 0. The zero-order valence-corrected chi connectivity index (χ0v) is 13.7. The van der Waals surface area contributed by atoms with Crippen LogP contribution in [0.1, 0.15) is 78.3 Å². The second-order valence-electron chi connectivity index (χ2n) is 6.39. The molecule has 0 saturated carbocycles. The first-order chi connectivity index (χ1) is 9.59. The second kappa shape index (κ2) is 8.93. The molecule has 0 bridgehead atoms. The molecule has 0 spiro atoms. The lowest BCUT2D eigenvalue weighted by molar-refractivity contribution is 0.413. The predicted molar refractivity (Wildman–Crippen MR) is 86.5 cm³/mol. The van der Waals surface area contributed by atoms with E-state index in [1.807, 2.05) is 10.9 Å². The van der Waals surface area contributed by atoms with Crippen LogP contribution in [0.25, 0.3) is 6.20 Å². The number of unbranched alkanes of at least 4 members (excludes halogenated alkanes) is 4. The molecule has 0 aliphatic rings. The molecule has 20 heavy (non-hydrogen) atoms. The quantitative estimate of drug-likeness (QED) is 0.558. The normalized spacial score (nSPS) is 12.4. The molecule has 0 fully saturated rings. The zero-order chi connectivity index (χ0) is 14.8. The van der Waals surface area contributed by atoms with Crippen LogP contribution in [-0.2, 0) is 6.42 Å². The predicted octanol–water partition coefficient (Wildman–Crippen LogP) is 5.09. The van der Waals surface area contributed by atoms with Gasteiger partial charge in [0, 0.05) is 6.20 Å². The van der Waals surface area contributed by atoms with Crippen LogP contribution in [0, 0.1) is 5.41 Å². The van der Waals surface area contributed by atoms with Crippen molar-refractivity contribution in [2.45, 2.75) is 79.1 Å². The van der Waals surface area contributed by atoms with Gasteiger partial charge in [-0.05, 0) is 24.7 Å².